The number of aliphatic carboxylic acids is 1. The van der Waals surface area contributed by atoms with Crippen LogP contribution in [0, 0.1) is 17.0 Å². The highest BCUT2D eigenvalue weighted by Crippen LogP contribution is 2.38. The minimum atomic E-state index is -1.28. The highest BCUT2D eigenvalue weighted by Gasteiger charge is 2.49. The molecule has 3 aliphatic heterocycles. The van der Waals surface area contributed by atoms with Crippen molar-refractivity contribution < 1.29 is 37.7 Å². The molecule has 1 aromatic carbocycles. The number of nitrogens with zero attached hydrogens (tertiary/aromatic N) is 4. The number of thiazole rings is 1. The van der Waals surface area contributed by atoms with Crippen molar-refractivity contribution in [1.82, 2.24) is 20.1 Å². The summed E-state index contributed by atoms with van der Waals surface area (Å²) in [5.74, 6) is -4.26. The Labute approximate surface area is 248 Å². The summed E-state index contributed by atoms with van der Waals surface area (Å²) in [6, 6.07) is 0.235. The highest BCUT2D eigenvalue weighted by molar-refractivity contribution is 7.11. The summed E-state index contributed by atoms with van der Waals surface area (Å²) in [5.41, 5.74) is -0.813. The van der Waals surface area contributed by atoms with Crippen LogP contribution in [0.1, 0.15) is 30.5 Å². The van der Waals surface area contributed by atoms with Gasteiger partial charge >= 0.3 is 11.9 Å². The Morgan fingerprint density at radius 1 is 1.33 bits per heavy atom. The molecule has 2 saturated heterocycles. The van der Waals surface area contributed by atoms with E-state index in [-0.39, 0.29) is 49.1 Å². The molecule has 1 amide bonds. The Morgan fingerprint density at radius 2 is 2.10 bits per heavy atom. The van der Waals surface area contributed by atoms with Gasteiger partial charge in [-0.3, -0.25) is 19.5 Å². The Balaban J connectivity index is 1.54. The molecule has 15 heteroatoms. The Kier molecular flexibility index (Phi) is 8.34. The number of morpholine rings is 1. The molecule has 0 bridgehead atoms. The van der Waals surface area contributed by atoms with Crippen LogP contribution < -0.4 is 5.32 Å². The van der Waals surface area contributed by atoms with E-state index >= 15 is 0 Å². The summed E-state index contributed by atoms with van der Waals surface area (Å²) in [5, 5.41) is 14.4. The van der Waals surface area contributed by atoms with Crippen LogP contribution >= 0.6 is 22.9 Å². The lowest BCUT2D eigenvalue weighted by Gasteiger charge is -2.37. The van der Waals surface area contributed by atoms with Crippen LogP contribution in [0.5, 0.6) is 0 Å². The van der Waals surface area contributed by atoms with Crippen LogP contribution in [0.3, 0.4) is 0 Å². The second-order valence-corrected chi connectivity index (χ2v) is 12.0. The predicted octanol–water partition coefficient (Wildman–Crippen LogP) is 2.62. The molecule has 0 radical (unpaired) electrons. The molecule has 42 heavy (non-hydrogen) atoms. The van der Waals surface area contributed by atoms with E-state index in [0.29, 0.717) is 17.2 Å². The fourth-order valence-electron chi connectivity index (χ4n) is 5.31. The van der Waals surface area contributed by atoms with Gasteiger partial charge in [-0.25, -0.2) is 18.6 Å². The number of hydrogen-bond acceptors (Lipinski definition) is 10. The molecule has 224 valence electrons. The Hall–Kier alpha value is -3.46. The van der Waals surface area contributed by atoms with Crippen molar-refractivity contribution in [2.75, 3.05) is 39.9 Å². The zero-order valence-corrected chi connectivity index (χ0v) is 24.5. The molecule has 2 fully saturated rings. The van der Waals surface area contributed by atoms with Gasteiger partial charge in [-0.05, 0) is 19.9 Å². The normalized spacial score (nSPS) is 23.0. The summed E-state index contributed by atoms with van der Waals surface area (Å²) in [6.07, 6.45) is 1.05. The van der Waals surface area contributed by atoms with Gasteiger partial charge in [0.2, 0.25) is 5.91 Å². The lowest BCUT2D eigenvalue weighted by molar-refractivity contribution is -0.149. The third kappa shape index (κ3) is 5.51. The van der Waals surface area contributed by atoms with E-state index in [4.69, 9.17) is 21.1 Å². The van der Waals surface area contributed by atoms with Gasteiger partial charge in [-0.1, -0.05) is 17.7 Å². The van der Waals surface area contributed by atoms with Crippen molar-refractivity contribution in [1.29, 1.82) is 0 Å². The van der Waals surface area contributed by atoms with Gasteiger partial charge in [0.15, 0.2) is 22.5 Å². The first-order chi connectivity index (χ1) is 19.9. The number of aromatic nitrogens is 1. The molecular formula is C27H28ClF2N5O6S. The third-order valence-corrected chi connectivity index (χ3v) is 8.64. The summed E-state index contributed by atoms with van der Waals surface area (Å²) >= 11 is 7.50. The summed E-state index contributed by atoms with van der Waals surface area (Å²) < 4.78 is 39.5. The summed E-state index contributed by atoms with van der Waals surface area (Å²) in [7, 11) is 1.18. The van der Waals surface area contributed by atoms with Gasteiger partial charge in [0.05, 0.1) is 35.8 Å². The quantitative estimate of drug-likeness (QED) is 0.336. The van der Waals surface area contributed by atoms with E-state index in [0.717, 1.165) is 6.07 Å². The molecule has 4 heterocycles. The van der Waals surface area contributed by atoms with Crippen LogP contribution in [0.2, 0.25) is 5.02 Å². The number of rotatable bonds is 8. The molecule has 3 aliphatic rings. The fourth-order valence-corrected chi connectivity index (χ4v) is 6.16. The van der Waals surface area contributed by atoms with Gasteiger partial charge in [-0.15, -0.1) is 11.3 Å². The van der Waals surface area contributed by atoms with Crippen molar-refractivity contribution in [3.8, 4) is 0 Å². The van der Waals surface area contributed by atoms with E-state index in [1.54, 1.807) is 25.4 Å². The number of carboxylic acid groups (broad SMARTS) is 1. The highest BCUT2D eigenvalue weighted by atomic mass is 35.5. The number of amidine groups is 1. The number of esters is 1. The number of benzene rings is 1. The number of fused-ring (bicyclic) bond motifs is 1. The molecule has 5 rings (SSSR count). The van der Waals surface area contributed by atoms with Gasteiger partial charge in [0, 0.05) is 49.0 Å². The second kappa shape index (κ2) is 11.7. The molecule has 1 aromatic heterocycles. The zero-order chi connectivity index (χ0) is 30.3. The van der Waals surface area contributed by atoms with E-state index in [1.165, 1.54) is 29.4 Å². The van der Waals surface area contributed by atoms with Gasteiger partial charge in [-0.2, -0.15) is 0 Å². The van der Waals surface area contributed by atoms with Crippen LogP contribution in [0.4, 0.5) is 8.78 Å². The number of carboxylic acids is 1. The number of aliphatic imine (C=N–C) groups is 1. The van der Waals surface area contributed by atoms with Gasteiger partial charge in [0.25, 0.3) is 0 Å². The Morgan fingerprint density at radius 3 is 2.76 bits per heavy atom. The second-order valence-electron chi connectivity index (χ2n) is 10.7. The number of carbonyl (C=O) groups is 3. The predicted molar refractivity (Wildman–Crippen MR) is 148 cm³/mol. The maximum atomic E-state index is 14.6. The molecule has 3 atom stereocenters. The average molecular weight is 624 g/mol. The summed E-state index contributed by atoms with van der Waals surface area (Å²) in [4.78, 5) is 50.8. The van der Waals surface area contributed by atoms with Crippen molar-refractivity contribution in [3.63, 3.8) is 0 Å². The molecule has 0 spiro atoms. The first-order valence-electron chi connectivity index (χ1n) is 13.0. The average Bonchev–Trinajstić information content (AvgIpc) is 3.60. The third-order valence-electron chi connectivity index (χ3n) is 7.47. The number of likely N-dealkylation sites (tertiary alicyclic amines) is 1. The van der Waals surface area contributed by atoms with E-state index in [9.17, 15) is 28.3 Å². The lowest BCUT2D eigenvalue weighted by atomic mass is 9.93. The lowest BCUT2D eigenvalue weighted by Crippen LogP contribution is -2.54. The zero-order valence-electron chi connectivity index (χ0n) is 22.9. The van der Waals surface area contributed by atoms with Crippen LogP contribution in [-0.2, 0) is 23.9 Å². The molecule has 2 aromatic rings. The number of hydrogen-bond donors (Lipinski definition) is 2. The first-order valence-corrected chi connectivity index (χ1v) is 14.3. The molecule has 0 saturated carbocycles. The summed E-state index contributed by atoms with van der Waals surface area (Å²) in [6.45, 7) is 3.94. The molecule has 11 nitrogen and oxygen atoms in total. The van der Waals surface area contributed by atoms with Crippen LogP contribution in [0.15, 0.2) is 40.0 Å². The maximum absolute atomic E-state index is 14.6. The van der Waals surface area contributed by atoms with Gasteiger partial charge < -0.3 is 24.8 Å². The van der Waals surface area contributed by atoms with E-state index in [1.807, 2.05) is 4.90 Å². The Bertz CT molecular complexity index is 1480. The SMILES string of the molecule is COC(=O)C1=C(CN2CCO[C@H]3CN(CC(C)(C)C(=O)O)C(=O)[C@H]32)NC(c2nccs2)=N[C@H]1c1ccc(F)c(F)c1Cl. The van der Waals surface area contributed by atoms with Crippen molar-refractivity contribution >= 4 is 46.6 Å². The molecule has 0 unspecified atom stereocenters. The largest absolute Gasteiger partial charge is 0.481 e. The molecule has 0 aliphatic carbocycles. The van der Waals surface area contributed by atoms with Gasteiger partial charge in [0.1, 0.15) is 12.1 Å². The molecular weight excluding hydrogens is 596 g/mol. The van der Waals surface area contributed by atoms with E-state index < -0.39 is 52.2 Å². The van der Waals surface area contributed by atoms with Crippen molar-refractivity contribution in [2.24, 2.45) is 10.4 Å². The van der Waals surface area contributed by atoms with Crippen molar-refractivity contribution in [2.45, 2.75) is 32.0 Å². The van der Waals surface area contributed by atoms with Crippen molar-refractivity contribution in [3.05, 3.63) is 62.2 Å². The first kappa shape index (κ1) is 30.0. The number of ether oxygens (including phenoxy) is 2. The minimum absolute atomic E-state index is 0.00270. The van der Waals surface area contributed by atoms with E-state index in [2.05, 4.69) is 15.3 Å². The smallest absolute Gasteiger partial charge is 0.338 e. The number of methoxy groups -OCH3 is 1. The fraction of sp³-hybridized carbons (Fsp3) is 0.444. The maximum Gasteiger partial charge on any atom is 0.338 e. The number of halogens is 3. The number of nitrogens with one attached hydrogen (secondary N) is 1. The minimum Gasteiger partial charge on any atom is -0.481 e. The molecule has 2 N–H and O–H groups in total. The number of carbonyl (C=O) groups excluding carboxylic acids is 2. The number of amides is 1. The van der Waals surface area contributed by atoms with Crippen LogP contribution in [-0.4, -0.2) is 95.6 Å². The monoisotopic (exact) mass is 623 g/mol. The van der Waals surface area contributed by atoms with Crippen LogP contribution in [0.25, 0.3) is 0 Å². The standard InChI is InChI=1S/C27H28ClF2N5O6S/c1-27(2,26(38)39)12-35-11-16-21(24(35)36)34(7-8-41-16)10-15-17(25(37)40-3)20(13-4-5-14(29)19(30)18(13)28)33-22(32-15)23-31-6-9-42-23/h4-6,9,16,20-21H,7-8,10-12H2,1-3H3,(H,32,33)(H,38,39)/t16-,20-,21-/m0/s1. The topological polar surface area (TPSA) is 134 Å².